The molecular weight excluding hydrogens is 373 g/mol. The summed E-state index contributed by atoms with van der Waals surface area (Å²) in [5.74, 6) is 0.343. The Morgan fingerprint density at radius 1 is 0.789 bits per heavy atom. The van der Waals surface area contributed by atoms with E-state index in [0.717, 1.165) is 0 Å². The number of nitrogens with zero attached hydrogens (tertiary/aromatic N) is 2. The lowest BCUT2D eigenvalue weighted by atomic mass is 10.1. The average molecular weight is 377 g/mol. The van der Waals surface area contributed by atoms with Gasteiger partial charge < -0.3 is 0 Å². The van der Waals surface area contributed by atoms with E-state index in [2.05, 4.69) is 9.97 Å². The molecule has 0 amide bonds. The highest BCUT2D eigenvalue weighted by Crippen LogP contribution is 2.38. The minimum absolute atomic E-state index is 0.0853. The molecule has 0 N–H and O–H groups in total. The minimum Gasteiger partial charge on any atom is -0.215 e. The predicted molar refractivity (Wildman–Crippen MR) is 81.7 cm³/mol. The van der Waals surface area contributed by atoms with Crippen molar-refractivity contribution in [1.82, 2.24) is 9.97 Å². The zero-order chi connectivity index (χ0) is 14.2. The first-order valence-corrected chi connectivity index (χ1v) is 7.12. The van der Waals surface area contributed by atoms with Crippen LogP contribution < -0.4 is 0 Å². The highest BCUT2D eigenvalue weighted by atomic mass is 35.6. The van der Waals surface area contributed by atoms with Crippen LogP contribution in [0.5, 0.6) is 0 Å². The van der Waals surface area contributed by atoms with Gasteiger partial charge in [0.2, 0.25) is 3.79 Å². The standard InChI is InChI=1S/C11H4Cl6N2/c12-7-8(13)18-10(19-9(7)14)5-1-3-6(4-2-5)11(15,16)17/h1-4H. The summed E-state index contributed by atoms with van der Waals surface area (Å²) in [7, 11) is 0. The van der Waals surface area contributed by atoms with Gasteiger partial charge in [-0.3, -0.25) is 0 Å². The molecule has 0 saturated heterocycles. The lowest BCUT2D eigenvalue weighted by Crippen LogP contribution is -1.99. The van der Waals surface area contributed by atoms with Gasteiger partial charge in [0.15, 0.2) is 16.1 Å². The Kier molecular flexibility index (Phi) is 4.71. The molecule has 8 heteroatoms. The van der Waals surface area contributed by atoms with Gasteiger partial charge in [0, 0.05) is 11.1 Å². The molecule has 2 rings (SSSR count). The lowest BCUT2D eigenvalue weighted by Gasteiger charge is -2.11. The second kappa shape index (κ2) is 5.80. The molecule has 0 unspecified atom stereocenters. The van der Waals surface area contributed by atoms with Crippen molar-refractivity contribution in [3.8, 4) is 11.4 Å². The number of halogens is 6. The van der Waals surface area contributed by atoms with Crippen LogP contribution >= 0.6 is 69.6 Å². The van der Waals surface area contributed by atoms with Crippen LogP contribution in [-0.2, 0) is 3.79 Å². The largest absolute Gasteiger partial charge is 0.216 e. The maximum atomic E-state index is 5.84. The molecule has 1 aromatic carbocycles. The molecule has 1 aromatic heterocycles. The van der Waals surface area contributed by atoms with Crippen LogP contribution in [-0.4, -0.2) is 9.97 Å². The smallest absolute Gasteiger partial charge is 0.215 e. The first-order chi connectivity index (χ1) is 8.79. The van der Waals surface area contributed by atoms with Crippen molar-refractivity contribution in [3.63, 3.8) is 0 Å². The maximum absolute atomic E-state index is 5.84. The fraction of sp³-hybridized carbons (Fsp3) is 0.0909. The quantitative estimate of drug-likeness (QED) is 0.455. The lowest BCUT2D eigenvalue weighted by molar-refractivity contribution is 1.17. The van der Waals surface area contributed by atoms with Gasteiger partial charge in [-0.15, -0.1) is 0 Å². The van der Waals surface area contributed by atoms with E-state index in [-0.39, 0.29) is 15.3 Å². The van der Waals surface area contributed by atoms with Gasteiger partial charge in [0.1, 0.15) is 5.02 Å². The topological polar surface area (TPSA) is 25.8 Å². The number of alkyl halides is 3. The number of hydrogen-bond donors (Lipinski definition) is 0. The SMILES string of the molecule is Clc1nc(-c2ccc(C(Cl)(Cl)Cl)cc2)nc(Cl)c1Cl. The molecule has 0 spiro atoms. The molecular formula is C11H4Cl6N2. The summed E-state index contributed by atoms with van der Waals surface area (Å²) in [6, 6.07) is 6.71. The third-order valence-electron chi connectivity index (χ3n) is 2.24. The van der Waals surface area contributed by atoms with Crippen LogP contribution in [0.1, 0.15) is 5.56 Å². The van der Waals surface area contributed by atoms with Crippen LogP contribution in [0, 0.1) is 0 Å². The van der Waals surface area contributed by atoms with Crippen LogP contribution in [0.2, 0.25) is 15.3 Å². The summed E-state index contributed by atoms with van der Waals surface area (Å²) >= 11 is 34.8. The zero-order valence-electron chi connectivity index (χ0n) is 8.97. The van der Waals surface area contributed by atoms with Crippen molar-refractivity contribution in [3.05, 3.63) is 45.2 Å². The van der Waals surface area contributed by atoms with Crippen molar-refractivity contribution < 1.29 is 0 Å². The summed E-state index contributed by atoms with van der Waals surface area (Å²) < 4.78 is -1.48. The predicted octanol–water partition coefficient (Wildman–Crippen LogP) is 5.93. The fourth-order valence-corrected chi connectivity index (χ4v) is 2.18. The maximum Gasteiger partial charge on any atom is 0.216 e. The fourth-order valence-electron chi connectivity index (χ4n) is 1.33. The molecule has 1 heterocycles. The second-order valence-corrected chi connectivity index (χ2v) is 6.89. The number of benzene rings is 1. The third kappa shape index (κ3) is 3.57. The van der Waals surface area contributed by atoms with Crippen molar-refractivity contribution in [1.29, 1.82) is 0 Å². The molecule has 0 radical (unpaired) electrons. The second-order valence-electron chi connectivity index (χ2n) is 3.52. The van der Waals surface area contributed by atoms with E-state index in [4.69, 9.17) is 69.6 Å². The van der Waals surface area contributed by atoms with E-state index < -0.39 is 3.79 Å². The Morgan fingerprint density at radius 3 is 1.68 bits per heavy atom. The summed E-state index contributed by atoms with van der Waals surface area (Å²) in [6.45, 7) is 0. The molecule has 0 aliphatic heterocycles. The van der Waals surface area contributed by atoms with Gasteiger partial charge in [-0.2, -0.15) is 0 Å². The highest BCUT2D eigenvalue weighted by molar-refractivity contribution is 6.66. The first kappa shape index (κ1) is 15.4. The minimum atomic E-state index is -1.48. The van der Waals surface area contributed by atoms with Gasteiger partial charge in [-0.1, -0.05) is 93.9 Å². The first-order valence-electron chi connectivity index (χ1n) is 4.85. The monoisotopic (exact) mass is 374 g/mol. The number of aromatic nitrogens is 2. The van der Waals surface area contributed by atoms with E-state index in [1.807, 2.05) is 0 Å². The van der Waals surface area contributed by atoms with Gasteiger partial charge in [-0.05, 0) is 0 Å². The highest BCUT2D eigenvalue weighted by Gasteiger charge is 2.22. The Hall–Kier alpha value is 0.0400. The number of hydrogen-bond acceptors (Lipinski definition) is 2. The summed E-state index contributed by atoms with van der Waals surface area (Å²) in [6.07, 6.45) is 0. The van der Waals surface area contributed by atoms with Gasteiger partial charge in [0.05, 0.1) is 0 Å². The molecule has 100 valence electrons. The molecule has 19 heavy (non-hydrogen) atoms. The zero-order valence-corrected chi connectivity index (χ0v) is 13.5. The molecule has 0 aliphatic rings. The third-order valence-corrected chi connectivity index (χ3v) is 3.99. The van der Waals surface area contributed by atoms with Crippen molar-refractivity contribution in [2.24, 2.45) is 0 Å². The number of rotatable bonds is 1. The van der Waals surface area contributed by atoms with E-state index in [1.54, 1.807) is 24.3 Å². The average Bonchev–Trinajstić information content (AvgIpc) is 2.34. The molecule has 0 atom stereocenters. The van der Waals surface area contributed by atoms with E-state index in [0.29, 0.717) is 17.0 Å². The molecule has 0 bridgehead atoms. The summed E-state index contributed by atoms with van der Waals surface area (Å²) in [5, 5.41) is 0.286. The molecule has 0 aliphatic carbocycles. The Balaban J connectivity index is 2.43. The summed E-state index contributed by atoms with van der Waals surface area (Å²) in [4.78, 5) is 8.07. The van der Waals surface area contributed by atoms with Gasteiger partial charge in [-0.25, -0.2) is 9.97 Å². The van der Waals surface area contributed by atoms with Crippen molar-refractivity contribution in [2.75, 3.05) is 0 Å². The summed E-state index contributed by atoms with van der Waals surface area (Å²) in [5.41, 5.74) is 1.21. The van der Waals surface area contributed by atoms with Crippen LogP contribution in [0.3, 0.4) is 0 Å². The van der Waals surface area contributed by atoms with Gasteiger partial charge >= 0.3 is 0 Å². The van der Waals surface area contributed by atoms with Crippen molar-refractivity contribution >= 4 is 69.6 Å². The van der Waals surface area contributed by atoms with Crippen molar-refractivity contribution in [2.45, 2.75) is 3.79 Å². The molecule has 0 fully saturated rings. The van der Waals surface area contributed by atoms with Crippen LogP contribution in [0.4, 0.5) is 0 Å². The molecule has 0 saturated carbocycles. The van der Waals surface area contributed by atoms with E-state index in [1.165, 1.54) is 0 Å². The Morgan fingerprint density at radius 2 is 1.26 bits per heavy atom. The molecule has 2 nitrogen and oxygen atoms in total. The van der Waals surface area contributed by atoms with Gasteiger partial charge in [0.25, 0.3) is 0 Å². The normalized spacial score (nSPS) is 11.7. The van der Waals surface area contributed by atoms with E-state index >= 15 is 0 Å². The van der Waals surface area contributed by atoms with Crippen LogP contribution in [0.25, 0.3) is 11.4 Å². The Bertz CT molecular complexity index is 583. The van der Waals surface area contributed by atoms with Crippen LogP contribution in [0.15, 0.2) is 24.3 Å². The Labute approximate surface area is 139 Å². The van der Waals surface area contributed by atoms with E-state index in [9.17, 15) is 0 Å². The molecule has 2 aromatic rings.